The van der Waals surface area contributed by atoms with Gasteiger partial charge in [0.1, 0.15) is 0 Å². The molecule has 5 nitrogen and oxygen atoms in total. The van der Waals surface area contributed by atoms with Gasteiger partial charge in [0.05, 0.1) is 18.6 Å². The number of nitrogens with zero attached hydrogens (tertiary/aromatic N) is 1. The molecular weight excluding hydrogens is 280 g/mol. The molecule has 0 amide bonds. The van der Waals surface area contributed by atoms with E-state index >= 15 is 0 Å². The van der Waals surface area contributed by atoms with E-state index in [2.05, 4.69) is 4.90 Å². The summed E-state index contributed by atoms with van der Waals surface area (Å²) in [5.41, 5.74) is 5.41. The highest BCUT2D eigenvalue weighted by Crippen LogP contribution is 2.25. The lowest BCUT2D eigenvalue weighted by molar-refractivity contribution is -0.151. The van der Waals surface area contributed by atoms with Gasteiger partial charge >= 0.3 is 5.97 Å². The fraction of sp³-hybridized carbons (Fsp3) is 0.929. The number of ether oxygens (including phenoxy) is 2. The molecule has 0 bridgehead atoms. The van der Waals surface area contributed by atoms with Crippen molar-refractivity contribution in [2.75, 3.05) is 33.9 Å². The number of halogens is 1. The van der Waals surface area contributed by atoms with E-state index in [1.807, 2.05) is 13.8 Å². The predicted octanol–water partition coefficient (Wildman–Crippen LogP) is 1.44. The molecule has 1 aliphatic rings. The van der Waals surface area contributed by atoms with Gasteiger partial charge in [-0.1, -0.05) is 0 Å². The third-order valence-electron chi connectivity index (χ3n) is 4.16. The fourth-order valence-electron chi connectivity index (χ4n) is 2.62. The van der Waals surface area contributed by atoms with E-state index in [1.54, 1.807) is 7.11 Å². The molecule has 2 atom stereocenters. The van der Waals surface area contributed by atoms with Crippen molar-refractivity contribution in [1.29, 1.82) is 0 Å². The van der Waals surface area contributed by atoms with Crippen LogP contribution in [-0.2, 0) is 14.3 Å². The van der Waals surface area contributed by atoms with Gasteiger partial charge in [-0.25, -0.2) is 0 Å². The van der Waals surface area contributed by atoms with Gasteiger partial charge in [-0.15, -0.1) is 12.4 Å². The topological polar surface area (TPSA) is 64.8 Å². The maximum atomic E-state index is 11.7. The molecule has 0 spiro atoms. The van der Waals surface area contributed by atoms with Crippen LogP contribution in [0.1, 0.15) is 33.1 Å². The summed E-state index contributed by atoms with van der Waals surface area (Å²) in [7, 11) is 3.20. The zero-order chi connectivity index (χ0) is 14.5. The molecule has 1 saturated heterocycles. The van der Waals surface area contributed by atoms with Gasteiger partial charge < -0.3 is 15.2 Å². The van der Waals surface area contributed by atoms with Gasteiger partial charge in [0.2, 0.25) is 0 Å². The lowest BCUT2D eigenvalue weighted by atomic mass is 9.88. The van der Waals surface area contributed by atoms with Crippen LogP contribution in [0.3, 0.4) is 0 Å². The zero-order valence-corrected chi connectivity index (χ0v) is 13.9. The van der Waals surface area contributed by atoms with Crippen LogP contribution in [0.2, 0.25) is 0 Å². The van der Waals surface area contributed by atoms with Crippen LogP contribution in [-0.4, -0.2) is 56.9 Å². The van der Waals surface area contributed by atoms with Gasteiger partial charge in [-0.05, 0) is 39.7 Å². The Hall–Kier alpha value is -0.360. The number of likely N-dealkylation sites (tertiary alicyclic amines) is 1. The number of esters is 1. The van der Waals surface area contributed by atoms with Gasteiger partial charge in [-0.2, -0.15) is 0 Å². The molecule has 1 aliphatic heterocycles. The lowest BCUT2D eigenvalue weighted by Crippen LogP contribution is -2.49. The van der Waals surface area contributed by atoms with E-state index in [-0.39, 0.29) is 18.4 Å². The number of hydrogen-bond donors (Lipinski definition) is 1. The third-order valence-corrected chi connectivity index (χ3v) is 4.16. The Morgan fingerprint density at radius 3 is 2.55 bits per heavy atom. The predicted molar refractivity (Wildman–Crippen MR) is 82.1 cm³/mol. The fourth-order valence-corrected chi connectivity index (χ4v) is 2.62. The van der Waals surface area contributed by atoms with Crippen molar-refractivity contribution in [2.24, 2.45) is 11.1 Å². The molecular formula is C14H29ClN2O3. The molecule has 2 unspecified atom stereocenters. The molecule has 0 aromatic rings. The molecule has 0 saturated carbocycles. The monoisotopic (exact) mass is 308 g/mol. The minimum atomic E-state index is -0.438. The van der Waals surface area contributed by atoms with E-state index in [9.17, 15) is 4.79 Å². The van der Waals surface area contributed by atoms with E-state index in [4.69, 9.17) is 15.2 Å². The molecule has 0 aromatic carbocycles. The summed E-state index contributed by atoms with van der Waals surface area (Å²) in [6.45, 7) is 6.35. The molecule has 1 fully saturated rings. The average molecular weight is 309 g/mol. The van der Waals surface area contributed by atoms with Crippen molar-refractivity contribution < 1.29 is 14.3 Å². The number of carbonyl (C=O) groups excluding carboxylic acids is 1. The van der Waals surface area contributed by atoms with Crippen molar-refractivity contribution >= 4 is 18.4 Å². The van der Waals surface area contributed by atoms with Crippen LogP contribution in [0.4, 0.5) is 0 Å². The number of nitrogens with two attached hydrogens (primary N) is 1. The Bertz CT molecular complexity index is 300. The van der Waals surface area contributed by atoms with Crippen molar-refractivity contribution in [3.63, 3.8) is 0 Å². The summed E-state index contributed by atoms with van der Waals surface area (Å²) in [4.78, 5) is 14.0. The van der Waals surface area contributed by atoms with Crippen molar-refractivity contribution in [3.05, 3.63) is 0 Å². The van der Waals surface area contributed by atoms with Gasteiger partial charge in [0, 0.05) is 26.2 Å². The standard InChI is InChI=1S/C14H28N2O3.ClH/c1-14(2,13(17)19-4)6-8-16-7-5-12(18-3)9-11(16)10-15;/h11-12H,5-10,15H2,1-4H3;1H. The molecule has 1 rings (SSSR count). The normalized spacial score (nSPS) is 24.1. The largest absolute Gasteiger partial charge is 0.469 e. The highest BCUT2D eigenvalue weighted by Gasteiger charge is 2.32. The number of rotatable bonds is 6. The molecule has 120 valence electrons. The summed E-state index contributed by atoms with van der Waals surface area (Å²) < 4.78 is 10.3. The Kier molecular flexibility index (Phi) is 8.66. The van der Waals surface area contributed by atoms with Gasteiger partial charge in [0.15, 0.2) is 0 Å². The average Bonchev–Trinajstić information content (AvgIpc) is 2.43. The molecule has 2 N–H and O–H groups in total. The molecule has 0 aromatic heterocycles. The van der Waals surface area contributed by atoms with Crippen LogP contribution in [0.15, 0.2) is 0 Å². The van der Waals surface area contributed by atoms with Crippen molar-refractivity contribution in [1.82, 2.24) is 4.90 Å². The van der Waals surface area contributed by atoms with E-state index in [0.717, 1.165) is 32.4 Å². The molecule has 0 aliphatic carbocycles. The number of hydrogen-bond acceptors (Lipinski definition) is 5. The first-order valence-electron chi connectivity index (χ1n) is 7.00. The third kappa shape index (κ3) is 5.20. The molecule has 20 heavy (non-hydrogen) atoms. The van der Waals surface area contributed by atoms with Crippen LogP contribution in [0.5, 0.6) is 0 Å². The Morgan fingerprint density at radius 2 is 2.05 bits per heavy atom. The molecule has 1 heterocycles. The Labute approximate surface area is 128 Å². The summed E-state index contributed by atoms with van der Waals surface area (Å²) in [6.07, 6.45) is 3.11. The number of carbonyl (C=O) groups is 1. The second-order valence-corrected chi connectivity index (χ2v) is 5.93. The van der Waals surface area contributed by atoms with Crippen LogP contribution in [0, 0.1) is 5.41 Å². The highest BCUT2D eigenvalue weighted by atomic mass is 35.5. The second kappa shape index (κ2) is 8.82. The van der Waals surface area contributed by atoms with Gasteiger partial charge in [0.25, 0.3) is 0 Å². The van der Waals surface area contributed by atoms with E-state index in [1.165, 1.54) is 7.11 Å². The minimum Gasteiger partial charge on any atom is -0.469 e. The van der Waals surface area contributed by atoms with Crippen molar-refractivity contribution in [2.45, 2.75) is 45.3 Å². The highest BCUT2D eigenvalue weighted by molar-refractivity contribution is 5.85. The van der Waals surface area contributed by atoms with Crippen molar-refractivity contribution in [3.8, 4) is 0 Å². The zero-order valence-electron chi connectivity index (χ0n) is 13.1. The summed E-state index contributed by atoms with van der Waals surface area (Å²) in [5, 5.41) is 0. The lowest BCUT2D eigenvalue weighted by Gasteiger charge is -2.39. The van der Waals surface area contributed by atoms with Crippen LogP contribution in [0.25, 0.3) is 0 Å². The maximum absolute atomic E-state index is 11.7. The number of methoxy groups -OCH3 is 2. The number of piperidine rings is 1. The Balaban J connectivity index is 0.00000361. The SMILES string of the molecule is COC(=O)C(C)(C)CCN1CCC(OC)CC1CN.Cl. The minimum absolute atomic E-state index is 0. The van der Waals surface area contributed by atoms with Crippen LogP contribution >= 0.6 is 12.4 Å². The summed E-state index contributed by atoms with van der Waals surface area (Å²) >= 11 is 0. The first kappa shape index (κ1) is 19.6. The second-order valence-electron chi connectivity index (χ2n) is 5.93. The Morgan fingerprint density at radius 1 is 1.40 bits per heavy atom. The summed E-state index contributed by atoms with van der Waals surface area (Å²) in [6, 6.07) is 0.354. The first-order chi connectivity index (χ1) is 8.94. The quantitative estimate of drug-likeness (QED) is 0.752. The van der Waals surface area contributed by atoms with E-state index < -0.39 is 5.41 Å². The van der Waals surface area contributed by atoms with E-state index in [0.29, 0.717) is 18.7 Å². The molecule has 0 radical (unpaired) electrons. The van der Waals surface area contributed by atoms with Crippen LogP contribution < -0.4 is 5.73 Å². The first-order valence-corrected chi connectivity index (χ1v) is 7.00. The smallest absolute Gasteiger partial charge is 0.311 e. The maximum Gasteiger partial charge on any atom is 0.311 e. The summed E-state index contributed by atoms with van der Waals surface area (Å²) in [5.74, 6) is -0.149. The van der Waals surface area contributed by atoms with Gasteiger partial charge in [-0.3, -0.25) is 9.69 Å². The molecule has 6 heteroatoms.